The van der Waals surface area contributed by atoms with E-state index in [2.05, 4.69) is 15.9 Å². The van der Waals surface area contributed by atoms with Crippen LogP contribution in [0.1, 0.15) is 54.3 Å². The number of para-hydroxylation sites is 1. The number of carbonyl (C=O) groups is 1. The van der Waals surface area contributed by atoms with Gasteiger partial charge in [-0.3, -0.25) is 0 Å². The van der Waals surface area contributed by atoms with Gasteiger partial charge >= 0.3 is 5.97 Å². The Balaban J connectivity index is 2.54. The number of benzene rings is 2. The van der Waals surface area contributed by atoms with Gasteiger partial charge in [-0.25, -0.2) is 9.18 Å². The molecule has 0 bridgehead atoms. The van der Waals surface area contributed by atoms with Crippen molar-refractivity contribution >= 4 is 21.9 Å². The first-order chi connectivity index (χ1) is 12.9. The molecule has 2 aromatic carbocycles. The van der Waals surface area contributed by atoms with Crippen LogP contribution in [0, 0.1) is 12.7 Å². The van der Waals surface area contributed by atoms with E-state index < -0.39 is 17.9 Å². The Hall–Kier alpha value is -1.92. The van der Waals surface area contributed by atoms with Crippen LogP contribution < -0.4 is 9.47 Å². The van der Waals surface area contributed by atoms with Gasteiger partial charge in [0.25, 0.3) is 0 Å². The monoisotopic (exact) mass is 438 g/mol. The van der Waals surface area contributed by atoms with Crippen molar-refractivity contribution in [2.75, 3.05) is 13.7 Å². The molecule has 0 aliphatic rings. The summed E-state index contributed by atoms with van der Waals surface area (Å²) in [6.45, 7) is 5.73. The summed E-state index contributed by atoms with van der Waals surface area (Å²) in [6, 6.07) is 8.66. The number of esters is 1. The number of unbranched alkanes of at least 4 members (excludes halogenated alkanes) is 1. The number of ether oxygens (including phenoxy) is 3. The molecule has 0 amide bonds. The molecule has 1 atom stereocenters. The molecule has 2 rings (SSSR count). The van der Waals surface area contributed by atoms with Crippen molar-refractivity contribution in [1.82, 2.24) is 0 Å². The van der Waals surface area contributed by atoms with Crippen molar-refractivity contribution in [2.45, 2.75) is 39.7 Å². The second-order valence-electron chi connectivity index (χ2n) is 6.15. The molecule has 6 heteroatoms. The molecule has 0 spiro atoms. The van der Waals surface area contributed by atoms with Crippen molar-refractivity contribution in [3.63, 3.8) is 0 Å². The maximum absolute atomic E-state index is 15.1. The Morgan fingerprint density at radius 3 is 2.52 bits per heavy atom. The highest BCUT2D eigenvalue weighted by Gasteiger charge is 2.29. The molecule has 0 aliphatic heterocycles. The van der Waals surface area contributed by atoms with E-state index >= 15 is 4.39 Å². The standard InChI is InChI=1S/C21H24BrFO4/c1-5-6-12-26-20-16(21(24)27-15-10-8-7-9-11-15)13(2)19(23)17(18(20)22)14(3)25-4/h7-11,14H,5-6,12H2,1-4H3. The average molecular weight is 439 g/mol. The molecule has 4 nitrogen and oxygen atoms in total. The van der Waals surface area contributed by atoms with Crippen LogP contribution in [-0.4, -0.2) is 19.7 Å². The van der Waals surface area contributed by atoms with E-state index in [9.17, 15) is 4.79 Å². The Morgan fingerprint density at radius 1 is 1.26 bits per heavy atom. The van der Waals surface area contributed by atoms with Gasteiger partial charge in [-0.15, -0.1) is 0 Å². The Kier molecular flexibility index (Phi) is 7.80. The molecule has 0 fully saturated rings. The van der Waals surface area contributed by atoms with Crippen LogP contribution in [0.15, 0.2) is 34.8 Å². The molecule has 1 unspecified atom stereocenters. The predicted molar refractivity (Wildman–Crippen MR) is 106 cm³/mol. The van der Waals surface area contributed by atoms with Crippen molar-refractivity contribution < 1.29 is 23.4 Å². The van der Waals surface area contributed by atoms with E-state index in [-0.39, 0.29) is 16.9 Å². The summed E-state index contributed by atoms with van der Waals surface area (Å²) < 4.78 is 32.0. The van der Waals surface area contributed by atoms with Crippen molar-refractivity contribution in [3.05, 3.63) is 57.3 Å². The minimum atomic E-state index is -0.665. The summed E-state index contributed by atoms with van der Waals surface area (Å²) in [5, 5.41) is 0. The molecular formula is C21H24BrFO4. The number of halogens is 2. The molecule has 0 saturated heterocycles. The van der Waals surface area contributed by atoms with E-state index in [0.717, 1.165) is 12.8 Å². The van der Waals surface area contributed by atoms with Gasteiger partial charge in [-0.1, -0.05) is 31.5 Å². The van der Waals surface area contributed by atoms with Crippen LogP contribution in [0.3, 0.4) is 0 Å². The zero-order valence-electron chi connectivity index (χ0n) is 16.0. The maximum Gasteiger partial charge on any atom is 0.347 e. The predicted octanol–water partition coefficient (Wildman–Crippen LogP) is 6.00. The molecule has 146 valence electrons. The van der Waals surface area contributed by atoms with E-state index in [1.165, 1.54) is 7.11 Å². The van der Waals surface area contributed by atoms with Crippen molar-refractivity contribution in [3.8, 4) is 11.5 Å². The SMILES string of the molecule is CCCCOc1c(Br)c(C(C)OC)c(F)c(C)c1C(=O)Oc1ccccc1. The first kappa shape index (κ1) is 21.4. The quantitative estimate of drug-likeness (QED) is 0.288. The molecule has 2 aromatic rings. The number of rotatable bonds is 8. The number of carbonyl (C=O) groups excluding carboxylic acids is 1. The van der Waals surface area contributed by atoms with Crippen LogP contribution in [0.5, 0.6) is 11.5 Å². The van der Waals surface area contributed by atoms with Crippen molar-refractivity contribution in [2.24, 2.45) is 0 Å². The topological polar surface area (TPSA) is 44.8 Å². The minimum Gasteiger partial charge on any atom is -0.491 e. The van der Waals surface area contributed by atoms with Crippen LogP contribution in [0.2, 0.25) is 0 Å². The van der Waals surface area contributed by atoms with Gasteiger partial charge in [-0.05, 0) is 48.3 Å². The maximum atomic E-state index is 15.1. The van der Waals surface area contributed by atoms with Gasteiger partial charge in [0.05, 0.1) is 17.2 Å². The third-order valence-electron chi connectivity index (χ3n) is 4.27. The van der Waals surface area contributed by atoms with Crippen molar-refractivity contribution in [1.29, 1.82) is 0 Å². The fourth-order valence-electron chi connectivity index (χ4n) is 2.63. The molecule has 0 aromatic heterocycles. The van der Waals surface area contributed by atoms with E-state index in [0.29, 0.717) is 22.4 Å². The normalized spacial score (nSPS) is 11.9. The smallest absolute Gasteiger partial charge is 0.347 e. The summed E-state index contributed by atoms with van der Waals surface area (Å²) in [5.41, 5.74) is 0.564. The van der Waals surface area contributed by atoms with E-state index in [4.69, 9.17) is 14.2 Å². The molecular weight excluding hydrogens is 415 g/mol. The first-order valence-corrected chi connectivity index (χ1v) is 9.65. The lowest BCUT2D eigenvalue weighted by molar-refractivity contribution is 0.0727. The first-order valence-electron chi connectivity index (χ1n) is 8.86. The van der Waals surface area contributed by atoms with Gasteiger partial charge in [0.15, 0.2) is 0 Å². The summed E-state index contributed by atoms with van der Waals surface area (Å²) >= 11 is 3.41. The van der Waals surface area contributed by atoms with Gasteiger partial charge in [0, 0.05) is 18.2 Å². The minimum absolute atomic E-state index is 0.0754. The van der Waals surface area contributed by atoms with Crippen LogP contribution in [-0.2, 0) is 4.74 Å². The number of methoxy groups -OCH3 is 1. The lowest BCUT2D eigenvalue weighted by atomic mass is 9.99. The van der Waals surface area contributed by atoms with E-state index in [1.807, 2.05) is 13.0 Å². The molecule has 0 radical (unpaired) electrons. The van der Waals surface area contributed by atoms with Crippen LogP contribution >= 0.6 is 15.9 Å². The lowest BCUT2D eigenvalue weighted by Gasteiger charge is -2.21. The molecule has 0 heterocycles. The Morgan fingerprint density at radius 2 is 1.93 bits per heavy atom. The third kappa shape index (κ3) is 4.87. The van der Waals surface area contributed by atoms with Crippen LogP contribution in [0.25, 0.3) is 0 Å². The highest BCUT2D eigenvalue weighted by atomic mass is 79.9. The Bertz CT molecular complexity index is 793. The van der Waals surface area contributed by atoms with E-state index in [1.54, 1.807) is 38.1 Å². The summed E-state index contributed by atoms with van der Waals surface area (Å²) in [6.07, 6.45) is 1.24. The summed E-state index contributed by atoms with van der Waals surface area (Å²) in [7, 11) is 1.50. The lowest BCUT2D eigenvalue weighted by Crippen LogP contribution is -2.17. The fraction of sp³-hybridized carbons (Fsp3) is 0.381. The molecule has 0 aliphatic carbocycles. The summed E-state index contributed by atoms with van der Waals surface area (Å²) in [4.78, 5) is 12.8. The average Bonchev–Trinajstić information content (AvgIpc) is 2.66. The highest BCUT2D eigenvalue weighted by molar-refractivity contribution is 9.10. The Labute approximate surface area is 167 Å². The van der Waals surface area contributed by atoms with Gasteiger partial charge < -0.3 is 14.2 Å². The second-order valence-corrected chi connectivity index (χ2v) is 6.95. The van der Waals surface area contributed by atoms with Gasteiger partial charge in [-0.2, -0.15) is 0 Å². The summed E-state index contributed by atoms with van der Waals surface area (Å²) in [5.74, 6) is -0.519. The second kappa shape index (κ2) is 9.85. The van der Waals surface area contributed by atoms with Gasteiger partial charge in [0.1, 0.15) is 22.9 Å². The fourth-order valence-corrected chi connectivity index (χ4v) is 3.44. The highest BCUT2D eigenvalue weighted by Crippen LogP contribution is 2.41. The molecule has 0 saturated carbocycles. The largest absolute Gasteiger partial charge is 0.491 e. The third-order valence-corrected chi connectivity index (χ3v) is 5.05. The molecule has 0 N–H and O–H groups in total. The zero-order chi connectivity index (χ0) is 20.0. The number of hydrogen-bond acceptors (Lipinski definition) is 4. The molecule has 27 heavy (non-hydrogen) atoms. The van der Waals surface area contributed by atoms with Gasteiger partial charge in [0.2, 0.25) is 0 Å². The zero-order valence-corrected chi connectivity index (χ0v) is 17.6. The number of hydrogen-bond donors (Lipinski definition) is 0. The van der Waals surface area contributed by atoms with Crippen LogP contribution in [0.4, 0.5) is 4.39 Å².